The smallest absolute Gasteiger partial charge is 0.0755 e. The maximum absolute atomic E-state index is 4.72. The summed E-state index contributed by atoms with van der Waals surface area (Å²) in [5.74, 6) is 0. The van der Waals surface area contributed by atoms with Crippen molar-refractivity contribution in [1.29, 1.82) is 0 Å². The Morgan fingerprint density at radius 1 is 2.00 bits per heavy atom. The Kier molecular flexibility index (Phi) is 3.49. The summed E-state index contributed by atoms with van der Waals surface area (Å²) in [5.41, 5.74) is 0. The third-order valence-electron chi connectivity index (χ3n) is 0.0962. The van der Waals surface area contributed by atoms with Crippen LogP contribution in [0.2, 0.25) is 0 Å². The topological polar surface area (TPSA) is 35.2 Å². The number of nitrogens with two attached hydrogens (primary N) is 1. The molecule has 2 nitrogen and oxygen atoms in total. The molecule has 0 atom stereocenters. The summed E-state index contributed by atoms with van der Waals surface area (Å²) in [5, 5.41) is 4.72. The lowest BCUT2D eigenvalue weighted by Gasteiger charge is -1.74. The van der Waals surface area contributed by atoms with Gasteiger partial charge in [-0.15, -0.1) is 0 Å². The predicted molar refractivity (Wildman–Crippen MR) is 18.8 cm³/mol. The Morgan fingerprint density at radius 3 is 2.25 bits per heavy atom. The van der Waals surface area contributed by atoms with Crippen molar-refractivity contribution in [1.82, 2.24) is 0 Å². The van der Waals surface area contributed by atoms with Crippen molar-refractivity contribution in [3.63, 3.8) is 0 Å². The van der Waals surface area contributed by atoms with E-state index in [0.717, 1.165) is 12.2 Å². The van der Waals surface area contributed by atoms with Gasteiger partial charge in [0.05, 0.1) is 19.3 Å². The van der Waals surface area contributed by atoms with Gasteiger partial charge in [-0.05, 0) is 0 Å². The first-order valence-electron chi connectivity index (χ1n) is 0.811. The van der Waals surface area contributed by atoms with Crippen molar-refractivity contribution < 1.29 is 4.18 Å². The van der Waals surface area contributed by atoms with Crippen LogP contribution in [0.4, 0.5) is 0 Å². The second kappa shape index (κ2) is 3.27. The number of hydrogen-bond acceptors (Lipinski definition) is 3. The summed E-state index contributed by atoms with van der Waals surface area (Å²) in [6, 6.07) is 0. The maximum atomic E-state index is 4.72. The van der Waals surface area contributed by atoms with Gasteiger partial charge in [-0.1, -0.05) is 0 Å². The van der Waals surface area contributed by atoms with Gasteiger partial charge < -0.3 is 4.18 Å². The van der Waals surface area contributed by atoms with Crippen molar-refractivity contribution in [2.45, 2.75) is 0 Å². The van der Waals surface area contributed by atoms with Crippen LogP contribution in [0.3, 0.4) is 0 Å². The Bertz CT molecular complexity index is 10.0. The number of rotatable bonds is 1. The molecule has 0 aliphatic heterocycles. The molecule has 0 saturated heterocycles. The predicted octanol–water partition coefficient (Wildman–Crippen LogP) is 0.155. The van der Waals surface area contributed by atoms with E-state index in [1.807, 2.05) is 0 Å². The molecular weight excluding hydrogens is 74.1 g/mol. The van der Waals surface area contributed by atoms with Gasteiger partial charge in [0.2, 0.25) is 0 Å². The van der Waals surface area contributed by atoms with E-state index in [0.29, 0.717) is 0 Å². The minimum absolute atomic E-state index is 0.856. The molecule has 0 saturated carbocycles. The van der Waals surface area contributed by atoms with Gasteiger partial charge >= 0.3 is 0 Å². The standard InChI is InChI=1S/CH5NOS/c1-3-4-2/h2H2,1H3. The van der Waals surface area contributed by atoms with Crippen LogP contribution in [0, 0.1) is 0 Å². The molecule has 0 bridgehead atoms. The minimum atomic E-state index is 0.856. The molecule has 0 radical (unpaired) electrons. The maximum Gasteiger partial charge on any atom is 0.0755 e. The molecule has 0 aliphatic carbocycles. The minimum Gasteiger partial charge on any atom is -0.305 e. The average Bonchev–Trinajstić information content (AvgIpc) is 1.37. The molecule has 0 aromatic carbocycles. The van der Waals surface area contributed by atoms with Gasteiger partial charge in [0.25, 0.3) is 0 Å². The zero-order valence-corrected chi connectivity index (χ0v) is 3.21. The molecule has 0 rings (SSSR count). The SMILES string of the molecule is COSN. The van der Waals surface area contributed by atoms with Crippen LogP contribution in [0.25, 0.3) is 0 Å². The fourth-order valence-corrected chi connectivity index (χ4v) is 0. The molecule has 0 aromatic rings. The first-order valence-corrected chi connectivity index (χ1v) is 1.62. The largest absolute Gasteiger partial charge is 0.305 e. The highest BCUT2D eigenvalue weighted by molar-refractivity contribution is 7.92. The second-order valence-corrected chi connectivity index (χ2v) is 0.789. The highest BCUT2D eigenvalue weighted by Gasteiger charge is 1.52. The summed E-state index contributed by atoms with van der Waals surface area (Å²) in [4.78, 5) is 0. The Labute approximate surface area is 29.7 Å². The Morgan fingerprint density at radius 2 is 2.25 bits per heavy atom. The molecule has 0 heterocycles. The van der Waals surface area contributed by atoms with E-state index >= 15 is 0 Å². The van der Waals surface area contributed by atoms with Crippen LogP contribution in [0.5, 0.6) is 0 Å². The zero-order chi connectivity index (χ0) is 3.41. The Hall–Kier alpha value is 0.270. The third-order valence-corrected chi connectivity index (χ3v) is 0.289. The molecule has 0 fully saturated rings. The van der Waals surface area contributed by atoms with E-state index in [4.69, 9.17) is 5.14 Å². The van der Waals surface area contributed by atoms with Crippen LogP contribution >= 0.6 is 12.2 Å². The van der Waals surface area contributed by atoms with Gasteiger partial charge in [0.1, 0.15) is 0 Å². The lowest BCUT2D eigenvalue weighted by molar-refractivity contribution is 0.490. The van der Waals surface area contributed by atoms with Crippen LogP contribution in [0.1, 0.15) is 0 Å². The normalized spacial score (nSPS) is 7.50. The molecule has 2 N–H and O–H groups in total. The van der Waals surface area contributed by atoms with Gasteiger partial charge in [0, 0.05) is 0 Å². The summed E-state index contributed by atoms with van der Waals surface area (Å²) in [6.45, 7) is 0. The Balaban J connectivity index is 1.97. The van der Waals surface area contributed by atoms with E-state index in [9.17, 15) is 0 Å². The monoisotopic (exact) mass is 79.0 g/mol. The van der Waals surface area contributed by atoms with Crippen LogP contribution in [-0.4, -0.2) is 7.11 Å². The highest BCUT2D eigenvalue weighted by atomic mass is 32.2. The van der Waals surface area contributed by atoms with Gasteiger partial charge in [0.15, 0.2) is 0 Å². The fourth-order valence-electron chi connectivity index (χ4n) is 0. The molecule has 0 aromatic heterocycles. The van der Waals surface area contributed by atoms with Crippen molar-refractivity contribution >= 4 is 12.2 Å². The molecule has 0 aliphatic rings. The molecule has 0 amide bonds. The van der Waals surface area contributed by atoms with E-state index < -0.39 is 0 Å². The lowest BCUT2D eigenvalue weighted by atomic mass is 11.8. The van der Waals surface area contributed by atoms with Crippen molar-refractivity contribution in [3.8, 4) is 0 Å². The second-order valence-electron chi connectivity index (χ2n) is 0.263. The van der Waals surface area contributed by atoms with Crippen molar-refractivity contribution in [3.05, 3.63) is 0 Å². The van der Waals surface area contributed by atoms with Gasteiger partial charge in [-0.3, -0.25) is 5.14 Å². The van der Waals surface area contributed by atoms with Crippen LogP contribution < -0.4 is 5.14 Å². The summed E-state index contributed by atoms with van der Waals surface area (Å²) < 4.78 is 4.24. The van der Waals surface area contributed by atoms with E-state index in [-0.39, 0.29) is 0 Å². The van der Waals surface area contributed by atoms with E-state index in [1.54, 1.807) is 0 Å². The van der Waals surface area contributed by atoms with Crippen LogP contribution in [0.15, 0.2) is 0 Å². The molecule has 3 heteroatoms. The summed E-state index contributed by atoms with van der Waals surface area (Å²) in [6.07, 6.45) is 0. The summed E-state index contributed by atoms with van der Waals surface area (Å²) >= 11 is 0.856. The first-order chi connectivity index (χ1) is 1.91. The molecule has 26 valence electrons. The highest BCUT2D eigenvalue weighted by Crippen LogP contribution is 1.76. The fraction of sp³-hybridized carbons (Fsp3) is 1.00. The molecule has 0 unspecified atom stereocenters. The number of hydrogen-bond donors (Lipinski definition) is 1. The van der Waals surface area contributed by atoms with Gasteiger partial charge in [-0.2, -0.15) is 0 Å². The quantitative estimate of drug-likeness (QED) is 0.359. The van der Waals surface area contributed by atoms with E-state index in [2.05, 4.69) is 4.18 Å². The third kappa shape index (κ3) is 2.27. The average molecular weight is 79.1 g/mol. The first kappa shape index (κ1) is 4.27. The van der Waals surface area contributed by atoms with Crippen molar-refractivity contribution in [2.75, 3.05) is 7.11 Å². The molecular formula is CH5NOS. The summed E-state index contributed by atoms with van der Waals surface area (Å²) in [7, 11) is 1.52. The van der Waals surface area contributed by atoms with Crippen molar-refractivity contribution in [2.24, 2.45) is 5.14 Å². The van der Waals surface area contributed by atoms with Crippen LogP contribution in [-0.2, 0) is 4.18 Å². The molecule has 4 heavy (non-hydrogen) atoms. The van der Waals surface area contributed by atoms with E-state index in [1.165, 1.54) is 7.11 Å². The zero-order valence-electron chi connectivity index (χ0n) is 2.39. The molecule has 0 spiro atoms. The van der Waals surface area contributed by atoms with Gasteiger partial charge in [-0.25, -0.2) is 0 Å². The lowest BCUT2D eigenvalue weighted by Crippen LogP contribution is -1.73.